The lowest BCUT2D eigenvalue weighted by Gasteiger charge is -2.15. The second-order valence-electron chi connectivity index (χ2n) is 7.52. The number of nitrogens with zero attached hydrogens (tertiary/aromatic N) is 1. The summed E-state index contributed by atoms with van der Waals surface area (Å²) in [6.07, 6.45) is 3.05. The molecule has 0 bridgehead atoms. The molecule has 0 spiro atoms. The van der Waals surface area contributed by atoms with Crippen LogP contribution in [0.4, 0.5) is 10.8 Å². The van der Waals surface area contributed by atoms with Gasteiger partial charge >= 0.3 is 0 Å². The van der Waals surface area contributed by atoms with Gasteiger partial charge in [-0.3, -0.25) is 14.8 Å². The van der Waals surface area contributed by atoms with Gasteiger partial charge in [-0.1, -0.05) is 19.1 Å². The van der Waals surface area contributed by atoms with Crippen molar-refractivity contribution in [1.29, 1.82) is 0 Å². The highest BCUT2D eigenvalue weighted by atomic mass is 32.2. The topological polar surface area (TPSA) is 97.4 Å². The minimum absolute atomic E-state index is 0.0497. The Morgan fingerprint density at radius 3 is 2.65 bits per heavy atom. The molecule has 0 aliphatic heterocycles. The van der Waals surface area contributed by atoms with Gasteiger partial charge in [0, 0.05) is 10.4 Å². The van der Waals surface area contributed by atoms with Gasteiger partial charge in [-0.2, -0.15) is 0 Å². The fraction of sp³-hybridized carbons (Fsp3) is 0.273. The number of amides is 1. The van der Waals surface area contributed by atoms with E-state index < -0.39 is 10.0 Å². The third-order valence-electron chi connectivity index (χ3n) is 5.18. The summed E-state index contributed by atoms with van der Waals surface area (Å²) in [5.41, 5.74) is 1.77. The van der Waals surface area contributed by atoms with E-state index in [9.17, 15) is 13.2 Å². The number of thiazole rings is 1. The highest BCUT2D eigenvalue weighted by molar-refractivity contribution is 7.92. The number of aromatic nitrogens is 1. The van der Waals surface area contributed by atoms with E-state index in [-0.39, 0.29) is 10.8 Å². The first kappa shape index (κ1) is 21.3. The molecule has 1 aromatic heterocycles. The summed E-state index contributed by atoms with van der Waals surface area (Å²) in [7, 11) is -2.35. The number of fused-ring (bicyclic) bond motifs is 1. The summed E-state index contributed by atoms with van der Waals surface area (Å²) in [5.74, 6) is 0.735. The second-order valence-corrected chi connectivity index (χ2v) is 10.3. The minimum Gasteiger partial charge on any atom is -0.495 e. The van der Waals surface area contributed by atoms with E-state index in [1.807, 2.05) is 0 Å². The lowest BCUT2D eigenvalue weighted by atomic mass is 9.93. The van der Waals surface area contributed by atoms with Gasteiger partial charge in [-0.15, -0.1) is 11.3 Å². The van der Waals surface area contributed by atoms with E-state index in [0.29, 0.717) is 28.0 Å². The quantitative estimate of drug-likeness (QED) is 0.574. The molecular formula is C22H23N3O4S2. The maximum absolute atomic E-state index is 12.7. The SMILES string of the molecule is COc1ccccc1NS(=O)(=O)c1ccc(C(=O)Nc2nc3c(s2)CC(C)CC3)cc1. The molecule has 3 aromatic rings. The summed E-state index contributed by atoms with van der Waals surface area (Å²) < 4.78 is 33.1. The average Bonchev–Trinajstić information content (AvgIpc) is 3.15. The minimum atomic E-state index is -3.83. The zero-order valence-electron chi connectivity index (χ0n) is 17.2. The van der Waals surface area contributed by atoms with Crippen LogP contribution >= 0.6 is 11.3 Å². The molecule has 9 heteroatoms. The Morgan fingerprint density at radius 1 is 1.16 bits per heavy atom. The molecule has 2 aromatic carbocycles. The smallest absolute Gasteiger partial charge is 0.262 e. The third kappa shape index (κ3) is 4.72. The Labute approximate surface area is 185 Å². The highest BCUT2D eigenvalue weighted by Crippen LogP contribution is 2.32. The molecule has 0 saturated heterocycles. The molecule has 2 N–H and O–H groups in total. The fourth-order valence-electron chi connectivity index (χ4n) is 3.48. The zero-order valence-corrected chi connectivity index (χ0v) is 18.8. The Morgan fingerprint density at radius 2 is 1.90 bits per heavy atom. The van der Waals surface area contributed by atoms with Crippen molar-refractivity contribution >= 4 is 38.1 Å². The van der Waals surface area contributed by atoms with Crippen LogP contribution < -0.4 is 14.8 Å². The van der Waals surface area contributed by atoms with E-state index in [0.717, 1.165) is 25.0 Å². The molecule has 1 aliphatic rings. The lowest BCUT2D eigenvalue weighted by Crippen LogP contribution is -2.15. The number of carbonyl (C=O) groups is 1. The largest absolute Gasteiger partial charge is 0.495 e. The van der Waals surface area contributed by atoms with Crippen LogP contribution in [-0.4, -0.2) is 26.4 Å². The van der Waals surface area contributed by atoms with Crippen LogP contribution in [-0.2, 0) is 22.9 Å². The van der Waals surface area contributed by atoms with E-state index in [4.69, 9.17) is 4.74 Å². The number of anilines is 2. The molecule has 0 fully saturated rings. The molecule has 1 amide bonds. The summed E-state index contributed by atoms with van der Waals surface area (Å²) >= 11 is 1.51. The van der Waals surface area contributed by atoms with Crippen molar-refractivity contribution in [2.24, 2.45) is 5.92 Å². The maximum atomic E-state index is 12.7. The molecule has 31 heavy (non-hydrogen) atoms. The van der Waals surface area contributed by atoms with Crippen LogP contribution in [0.1, 0.15) is 34.3 Å². The van der Waals surface area contributed by atoms with Crippen molar-refractivity contribution in [1.82, 2.24) is 4.98 Å². The first-order chi connectivity index (χ1) is 14.9. The Bertz CT molecular complexity index is 1200. The van der Waals surface area contributed by atoms with E-state index in [1.165, 1.54) is 47.6 Å². The monoisotopic (exact) mass is 457 g/mol. The Kier molecular flexibility index (Phi) is 5.97. The normalized spacial score (nSPS) is 15.7. The number of para-hydroxylation sites is 2. The molecule has 0 radical (unpaired) electrons. The Hall–Kier alpha value is -2.91. The first-order valence-electron chi connectivity index (χ1n) is 9.91. The van der Waals surface area contributed by atoms with Crippen molar-refractivity contribution < 1.29 is 17.9 Å². The second kappa shape index (κ2) is 8.68. The van der Waals surface area contributed by atoms with Crippen LogP contribution in [0, 0.1) is 5.92 Å². The van der Waals surface area contributed by atoms with Crippen molar-refractivity contribution in [3.63, 3.8) is 0 Å². The van der Waals surface area contributed by atoms with Gasteiger partial charge in [0.15, 0.2) is 5.13 Å². The molecule has 162 valence electrons. The van der Waals surface area contributed by atoms with Crippen molar-refractivity contribution in [2.75, 3.05) is 17.1 Å². The van der Waals surface area contributed by atoms with Gasteiger partial charge in [-0.05, 0) is 61.6 Å². The van der Waals surface area contributed by atoms with Gasteiger partial charge < -0.3 is 4.74 Å². The van der Waals surface area contributed by atoms with E-state index in [1.54, 1.807) is 24.3 Å². The van der Waals surface area contributed by atoms with E-state index in [2.05, 4.69) is 21.9 Å². The van der Waals surface area contributed by atoms with Gasteiger partial charge in [0.25, 0.3) is 15.9 Å². The number of nitrogens with one attached hydrogen (secondary N) is 2. The van der Waals surface area contributed by atoms with Gasteiger partial charge in [0.05, 0.1) is 23.4 Å². The lowest BCUT2D eigenvalue weighted by molar-refractivity contribution is 0.102. The van der Waals surface area contributed by atoms with E-state index >= 15 is 0 Å². The predicted octanol–water partition coefficient (Wildman–Crippen LogP) is 4.33. The standard InChI is InChI=1S/C22H23N3O4S2/c1-14-7-12-18-20(13-14)30-22(23-18)24-21(26)15-8-10-16(11-9-15)31(27,28)25-17-5-3-4-6-19(17)29-2/h3-6,8-11,14,25H,7,12-13H2,1-2H3,(H,23,24,26). The number of methoxy groups -OCH3 is 1. The van der Waals surface area contributed by atoms with Gasteiger partial charge in [0.1, 0.15) is 5.75 Å². The predicted molar refractivity (Wildman–Crippen MR) is 122 cm³/mol. The third-order valence-corrected chi connectivity index (χ3v) is 7.60. The number of carbonyl (C=O) groups excluding carboxylic acids is 1. The summed E-state index contributed by atoms with van der Waals surface area (Å²) in [6, 6.07) is 12.5. The summed E-state index contributed by atoms with van der Waals surface area (Å²) in [5, 5.41) is 3.41. The number of rotatable bonds is 6. The average molecular weight is 458 g/mol. The van der Waals surface area contributed by atoms with Crippen LogP contribution in [0.3, 0.4) is 0 Å². The van der Waals surface area contributed by atoms with Crippen molar-refractivity contribution in [3.05, 3.63) is 64.7 Å². The summed E-state index contributed by atoms with van der Waals surface area (Å²) in [6.45, 7) is 2.22. The molecule has 7 nitrogen and oxygen atoms in total. The number of aryl methyl sites for hydroxylation is 1. The first-order valence-corrected chi connectivity index (χ1v) is 12.2. The highest BCUT2D eigenvalue weighted by Gasteiger charge is 2.21. The molecular weight excluding hydrogens is 434 g/mol. The molecule has 0 saturated carbocycles. The molecule has 1 unspecified atom stereocenters. The van der Waals surface area contributed by atoms with Crippen molar-refractivity contribution in [2.45, 2.75) is 31.1 Å². The number of hydrogen-bond donors (Lipinski definition) is 2. The molecule has 1 aliphatic carbocycles. The maximum Gasteiger partial charge on any atom is 0.262 e. The number of hydrogen-bond acceptors (Lipinski definition) is 6. The van der Waals surface area contributed by atoms with Crippen LogP contribution in [0.15, 0.2) is 53.4 Å². The number of ether oxygens (including phenoxy) is 1. The van der Waals surface area contributed by atoms with Crippen LogP contribution in [0.25, 0.3) is 0 Å². The zero-order chi connectivity index (χ0) is 22.0. The fourth-order valence-corrected chi connectivity index (χ4v) is 5.72. The number of benzene rings is 2. The number of sulfonamides is 1. The molecule has 1 atom stereocenters. The van der Waals surface area contributed by atoms with Crippen LogP contribution in [0.2, 0.25) is 0 Å². The van der Waals surface area contributed by atoms with Gasteiger partial charge in [-0.25, -0.2) is 13.4 Å². The molecule has 4 rings (SSSR count). The molecule has 1 heterocycles. The van der Waals surface area contributed by atoms with Crippen molar-refractivity contribution in [3.8, 4) is 5.75 Å². The van der Waals surface area contributed by atoms with Gasteiger partial charge in [0.2, 0.25) is 0 Å². The Balaban J connectivity index is 1.47. The summed E-state index contributed by atoms with van der Waals surface area (Å²) in [4.78, 5) is 18.4. The van der Waals surface area contributed by atoms with Crippen LogP contribution in [0.5, 0.6) is 5.75 Å².